The van der Waals surface area contributed by atoms with Gasteiger partial charge in [-0.2, -0.15) is 0 Å². The highest BCUT2D eigenvalue weighted by molar-refractivity contribution is 5.94. The Morgan fingerprint density at radius 2 is 1.66 bits per heavy atom. The van der Waals surface area contributed by atoms with Crippen molar-refractivity contribution in [1.82, 2.24) is 15.5 Å². The number of benzene rings is 2. The van der Waals surface area contributed by atoms with Crippen molar-refractivity contribution in [2.24, 2.45) is 11.8 Å². The molecule has 1 saturated carbocycles. The maximum atomic E-state index is 14.1. The Bertz CT molecular complexity index is 1170. The van der Waals surface area contributed by atoms with Crippen LogP contribution in [-0.2, 0) is 30.5 Å². The molecule has 2 fully saturated rings. The van der Waals surface area contributed by atoms with E-state index in [2.05, 4.69) is 22.8 Å². The van der Waals surface area contributed by atoms with Gasteiger partial charge in [0, 0.05) is 18.9 Å². The topological polar surface area (TPSA) is 105 Å². The van der Waals surface area contributed by atoms with Crippen molar-refractivity contribution in [3.05, 3.63) is 71.8 Å². The third kappa shape index (κ3) is 7.61. The molecule has 1 saturated heterocycles. The minimum atomic E-state index is -0.793. The Hall–Kier alpha value is -3.52. The molecule has 2 aromatic carbocycles. The zero-order chi connectivity index (χ0) is 29.4. The maximum absolute atomic E-state index is 14.1. The van der Waals surface area contributed by atoms with Gasteiger partial charge in [-0.25, -0.2) is 0 Å². The summed E-state index contributed by atoms with van der Waals surface area (Å²) in [6, 6.07) is 17.6. The van der Waals surface area contributed by atoms with Gasteiger partial charge in [0.05, 0.1) is 18.8 Å². The van der Waals surface area contributed by atoms with Gasteiger partial charge < -0.3 is 25.1 Å². The quantitative estimate of drug-likeness (QED) is 0.382. The third-order valence-electron chi connectivity index (χ3n) is 8.42. The van der Waals surface area contributed by atoms with Gasteiger partial charge in [-0.15, -0.1) is 0 Å². The van der Waals surface area contributed by atoms with Gasteiger partial charge in [0.1, 0.15) is 18.4 Å². The minimum Gasteiger partial charge on any atom is -0.372 e. The second-order valence-corrected chi connectivity index (χ2v) is 11.6. The Kier molecular flexibility index (Phi) is 10.7. The number of aldehydes is 1. The highest BCUT2D eigenvalue weighted by atomic mass is 16.5. The number of carbonyl (C=O) groups excluding carboxylic acids is 4. The third-order valence-corrected chi connectivity index (χ3v) is 8.42. The molecule has 0 radical (unpaired) electrons. The van der Waals surface area contributed by atoms with Gasteiger partial charge >= 0.3 is 0 Å². The second-order valence-electron chi connectivity index (χ2n) is 11.6. The molecule has 8 nitrogen and oxygen atoms in total. The van der Waals surface area contributed by atoms with Crippen LogP contribution >= 0.6 is 0 Å². The summed E-state index contributed by atoms with van der Waals surface area (Å²) in [5.74, 6) is -1.06. The Labute approximate surface area is 243 Å². The lowest BCUT2D eigenvalue weighted by atomic mass is 9.88. The Morgan fingerprint density at radius 3 is 2.29 bits per heavy atom. The predicted molar refractivity (Wildman–Crippen MR) is 157 cm³/mol. The van der Waals surface area contributed by atoms with E-state index in [0.29, 0.717) is 25.7 Å². The fourth-order valence-electron chi connectivity index (χ4n) is 6.04. The Morgan fingerprint density at radius 1 is 0.976 bits per heavy atom. The van der Waals surface area contributed by atoms with Crippen LogP contribution in [-0.4, -0.2) is 59.7 Å². The molecule has 8 heteroatoms. The zero-order valence-electron chi connectivity index (χ0n) is 24.3. The van der Waals surface area contributed by atoms with E-state index in [-0.39, 0.29) is 48.1 Å². The molecular weight excluding hydrogens is 518 g/mol. The van der Waals surface area contributed by atoms with E-state index in [1.54, 1.807) is 0 Å². The molecule has 1 aliphatic carbocycles. The number of likely N-dealkylation sites (tertiary alicyclic amines) is 1. The molecule has 3 amide bonds. The molecule has 0 spiro atoms. The largest absolute Gasteiger partial charge is 0.372 e. The smallest absolute Gasteiger partial charge is 0.246 e. The number of hydrogen-bond donors (Lipinski definition) is 2. The average molecular weight is 562 g/mol. The number of nitrogens with one attached hydrogen (secondary N) is 2. The summed E-state index contributed by atoms with van der Waals surface area (Å²) in [4.78, 5) is 54.0. The van der Waals surface area contributed by atoms with Gasteiger partial charge in [0.25, 0.3) is 0 Å². The normalized spacial score (nSPS) is 23.7. The first-order valence-electron chi connectivity index (χ1n) is 14.9. The summed E-state index contributed by atoms with van der Waals surface area (Å²) in [7, 11) is 0. The van der Waals surface area contributed by atoms with E-state index < -0.39 is 18.1 Å². The lowest BCUT2D eigenvalue weighted by Crippen LogP contribution is -2.56. The molecule has 2 N–H and O–H groups in total. The van der Waals surface area contributed by atoms with Gasteiger partial charge in [-0.05, 0) is 42.2 Å². The summed E-state index contributed by atoms with van der Waals surface area (Å²) in [5, 5.41) is 5.84. The SMILES string of the molecule is CC[C@@H](C=O)NC(=O)[C@@H]1C[C@@H](OCc2ccccc2)CN1C(=O)[C@@H](NC(=O)C1CCCC1c1ccccc1)C(C)C. The molecule has 41 heavy (non-hydrogen) atoms. The highest BCUT2D eigenvalue weighted by Gasteiger charge is 2.44. The molecule has 2 aromatic rings. The van der Waals surface area contributed by atoms with Crippen LogP contribution in [0.5, 0.6) is 0 Å². The summed E-state index contributed by atoms with van der Waals surface area (Å²) < 4.78 is 6.14. The average Bonchev–Trinajstić information content (AvgIpc) is 3.66. The molecule has 1 heterocycles. The van der Waals surface area contributed by atoms with E-state index in [9.17, 15) is 19.2 Å². The standard InChI is InChI=1S/C33H43N3O5/c1-4-25(20-37)34-32(39)29-18-26(41-21-23-12-7-5-8-13-23)19-36(29)33(40)30(22(2)3)35-31(38)28-17-11-16-27(28)24-14-9-6-10-15-24/h5-10,12-15,20,22,25-30H,4,11,16-19,21H2,1-3H3,(H,34,39)(H,35,38)/t25-,26+,27?,28?,29-,30-/m0/s1. The first-order chi connectivity index (χ1) is 19.8. The lowest BCUT2D eigenvalue weighted by Gasteiger charge is -2.32. The summed E-state index contributed by atoms with van der Waals surface area (Å²) >= 11 is 0. The van der Waals surface area contributed by atoms with E-state index >= 15 is 0 Å². The van der Waals surface area contributed by atoms with Crippen LogP contribution in [0.4, 0.5) is 0 Å². The van der Waals surface area contributed by atoms with E-state index in [4.69, 9.17) is 4.74 Å². The number of nitrogens with zero attached hydrogens (tertiary/aromatic N) is 1. The number of rotatable bonds is 12. The lowest BCUT2D eigenvalue weighted by molar-refractivity contribution is -0.143. The van der Waals surface area contributed by atoms with Crippen LogP contribution in [0.15, 0.2) is 60.7 Å². The van der Waals surface area contributed by atoms with E-state index in [1.165, 1.54) is 4.90 Å². The maximum Gasteiger partial charge on any atom is 0.246 e. The molecule has 2 aliphatic rings. The van der Waals surface area contributed by atoms with E-state index in [1.807, 2.05) is 69.3 Å². The number of carbonyl (C=O) groups is 4. The highest BCUT2D eigenvalue weighted by Crippen LogP contribution is 2.40. The molecule has 2 unspecified atom stereocenters. The number of ether oxygens (including phenoxy) is 1. The van der Waals surface area contributed by atoms with Gasteiger partial charge in [0.15, 0.2) is 0 Å². The zero-order valence-corrected chi connectivity index (χ0v) is 24.3. The first-order valence-corrected chi connectivity index (χ1v) is 14.9. The van der Waals surface area contributed by atoms with Crippen LogP contribution in [0, 0.1) is 11.8 Å². The minimum absolute atomic E-state index is 0.118. The van der Waals surface area contributed by atoms with Crippen molar-refractivity contribution in [3.8, 4) is 0 Å². The molecule has 220 valence electrons. The Balaban J connectivity index is 1.50. The van der Waals surface area contributed by atoms with Crippen molar-refractivity contribution in [2.45, 2.75) is 89.6 Å². The summed E-state index contributed by atoms with van der Waals surface area (Å²) in [6.45, 7) is 6.22. The monoisotopic (exact) mass is 561 g/mol. The van der Waals surface area contributed by atoms with Crippen molar-refractivity contribution in [3.63, 3.8) is 0 Å². The predicted octanol–water partition coefficient (Wildman–Crippen LogP) is 3.99. The van der Waals surface area contributed by atoms with Crippen LogP contribution < -0.4 is 10.6 Å². The number of hydrogen-bond acceptors (Lipinski definition) is 5. The fraction of sp³-hybridized carbons (Fsp3) is 0.515. The van der Waals surface area contributed by atoms with Crippen LogP contribution in [0.25, 0.3) is 0 Å². The summed E-state index contributed by atoms with van der Waals surface area (Å²) in [5.41, 5.74) is 2.15. The van der Waals surface area contributed by atoms with Gasteiger partial charge in [-0.1, -0.05) is 87.9 Å². The molecule has 6 atom stereocenters. The van der Waals surface area contributed by atoms with Crippen molar-refractivity contribution in [2.75, 3.05) is 6.54 Å². The van der Waals surface area contributed by atoms with Crippen LogP contribution in [0.2, 0.25) is 0 Å². The fourth-order valence-corrected chi connectivity index (χ4v) is 6.04. The van der Waals surface area contributed by atoms with Gasteiger partial charge in [0.2, 0.25) is 17.7 Å². The van der Waals surface area contributed by atoms with Crippen molar-refractivity contribution in [1.29, 1.82) is 0 Å². The second kappa shape index (κ2) is 14.4. The molecule has 1 aliphatic heterocycles. The molecule has 4 rings (SSSR count). The molecular formula is C33H43N3O5. The van der Waals surface area contributed by atoms with Crippen molar-refractivity contribution >= 4 is 24.0 Å². The molecule has 0 aromatic heterocycles. The summed E-state index contributed by atoms with van der Waals surface area (Å²) in [6.07, 6.45) is 3.81. The van der Waals surface area contributed by atoms with E-state index in [0.717, 1.165) is 30.4 Å². The first kappa shape index (κ1) is 30.4. The van der Waals surface area contributed by atoms with Crippen LogP contribution in [0.3, 0.4) is 0 Å². The van der Waals surface area contributed by atoms with Crippen molar-refractivity contribution < 1.29 is 23.9 Å². The van der Waals surface area contributed by atoms with Gasteiger partial charge in [-0.3, -0.25) is 14.4 Å². The van der Waals surface area contributed by atoms with Crippen LogP contribution in [0.1, 0.15) is 69.9 Å². The molecule has 0 bridgehead atoms. The number of amides is 3.